The molecule has 134 valence electrons. The number of carbonyl (C=O) groups is 2. The average Bonchev–Trinajstić information content (AvgIpc) is 3.11. The monoisotopic (exact) mass is 344 g/mol. The minimum absolute atomic E-state index is 0.0753. The fourth-order valence-electron chi connectivity index (χ4n) is 3.81. The van der Waals surface area contributed by atoms with E-state index in [9.17, 15) is 9.59 Å². The second-order valence-electron chi connectivity index (χ2n) is 6.73. The van der Waals surface area contributed by atoms with Gasteiger partial charge in [-0.1, -0.05) is 18.9 Å². The molecule has 2 fully saturated rings. The maximum Gasteiger partial charge on any atom is 0.273 e. The van der Waals surface area contributed by atoms with Gasteiger partial charge >= 0.3 is 0 Å². The van der Waals surface area contributed by atoms with Crippen LogP contribution in [0.1, 0.15) is 37.8 Å². The third kappa shape index (κ3) is 4.04. The highest BCUT2D eigenvalue weighted by atomic mass is 16.3. The summed E-state index contributed by atoms with van der Waals surface area (Å²) in [6.07, 6.45) is 6.53. The molecule has 0 spiro atoms. The summed E-state index contributed by atoms with van der Waals surface area (Å²) in [6, 6.07) is 5.90. The molecule has 1 saturated heterocycles. The van der Waals surface area contributed by atoms with Crippen molar-refractivity contribution in [2.45, 2.75) is 37.5 Å². The summed E-state index contributed by atoms with van der Waals surface area (Å²) in [7, 11) is 0. The molecular weight excluding hydrogens is 320 g/mol. The molecule has 1 aliphatic heterocycles. The molecule has 2 N–H and O–H groups in total. The topological polar surface area (TPSA) is 94.9 Å². The summed E-state index contributed by atoms with van der Waals surface area (Å²) in [5.74, 6) is -0.0645. The van der Waals surface area contributed by atoms with Crippen LogP contribution in [-0.4, -0.2) is 58.9 Å². The molecule has 0 unspecified atom stereocenters. The lowest BCUT2D eigenvalue weighted by Gasteiger charge is -2.35. The predicted octanol–water partition coefficient (Wildman–Crippen LogP) is 0.633. The first-order valence-corrected chi connectivity index (χ1v) is 8.77. The van der Waals surface area contributed by atoms with Crippen LogP contribution in [0.2, 0.25) is 0 Å². The largest absolute Gasteiger partial charge is 0.386 e. The van der Waals surface area contributed by atoms with E-state index in [0.717, 1.165) is 31.4 Å². The van der Waals surface area contributed by atoms with E-state index < -0.39 is 12.5 Å². The fourth-order valence-corrected chi connectivity index (χ4v) is 3.81. The molecule has 1 aromatic rings. The van der Waals surface area contributed by atoms with Crippen LogP contribution in [0.25, 0.3) is 0 Å². The first-order chi connectivity index (χ1) is 12.1. The number of nitrogens with one attached hydrogen (secondary N) is 1. The SMILES string of the molecule is O=C(CO)N=C(CC1(c2ccccn2)CCCC1)N1CCNC(=O)C1. The summed E-state index contributed by atoms with van der Waals surface area (Å²) < 4.78 is 0. The zero-order chi connectivity index (χ0) is 17.7. The van der Waals surface area contributed by atoms with Gasteiger partial charge in [0.25, 0.3) is 5.91 Å². The lowest BCUT2D eigenvalue weighted by Crippen LogP contribution is -2.51. The van der Waals surface area contributed by atoms with E-state index in [1.54, 1.807) is 6.20 Å². The first kappa shape index (κ1) is 17.5. The second-order valence-corrected chi connectivity index (χ2v) is 6.73. The standard InChI is InChI=1S/C18H24N4O3/c23-13-17(25)21-15(22-10-9-20-16(24)12-22)11-18(6-2-3-7-18)14-5-1-4-8-19-14/h1,4-5,8,23H,2-3,6-7,9-13H2,(H,20,24). The van der Waals surface area contributed by atoms with E-state index in [4.69, 9.17) is 5.11 Å². The van der Waals surface area contributed by atoms with Crippen LogP contribution in [0, 0.1) is 0 Å². The van der Waals surface area contributed by atoms with Gasteiger partial charge in [-0.25, -0.2) is 0 Å². The Morgan fingerprint density at radius 2 is 2.16 bits per heavy atom. The van der Waals surface area contributed by atoms with Gasteiger partial charge in [0.1, 0.15) is 12.4 Å². The highest BCUT2D eigenvalue weighted by Crippen LogP contribution is 2.43. The van der Waals surface area contributed by atoms with Gasteiger partial charge in [0.2, 0.25) is 5.91 Å². The smallest absolute Gasteiger partial charge is 0.273 e. The molecule has 0 atom stereocenters. The number of piperazine rings is 1. The van der Waals surface area contributed by atoms with Gasteiger partial charge in [0, 0.05) is 36.8 Å². The number of hydrogen-bond acceptors (Lipinski definition) is 4. The van der Waals surface area contributed by atoms with Crippen molar-refractivity contribution in [1.29, 1.82) is 0 Å². The van der Waals surface area contributed by atoms with E-state index in [1.807, 2.05) is 23.1 Å². The predicted molar refractivity (Wildman–Crippen MR) is 93.1 cm³/mol. The van der Waals surface area contributed by atoms with Crippen molar-refractivity contribution < 1.29 is 14.7 Å². The number of aliphatic hydroxyl groups excluding tert-OH is 1. The highest BCUT2D eigenvalue weighted by Gasteiger charge is 2.39. The molecule has 0 aromatic carbocycles. The maximum atomic E-state index is 11.8. The Bertz CT molecular complexity index is 654. The molecule has 7 nitrogen and oxygen atoms in total. The molecule has 7 heteroatoms. The third-order valence-corrected chi connectivity index (χ3v) is 5.06. The van der Waals surface area contributed by atoms with Crippen molar-refractivity contribution >= 4 is 17.6 Å². The molecule has 2 amide bonds. The fraction of sp³-hybridized carbons (Fsp3) is 0.556. The molecule has 0 radical (unpaired) electrons. The number of carbonyl (C=O) groups excluding carboxylic acids is 2. The first-order valence-electron chi connectivity index (χ1n) is 8.77. The number of nitrogens with zero attached hydrogens (tertiary/aromatic N) is 3. The summed E-state index contributed by atoms with van der Waals surface area (Å²) in [4.78, 5) is 34.1. The number of amidine groups is 1. The number of hydrogen-bond donors (Lipinski definition) is 2. The minimum atomic E-state index is -0.625. The number of aliphatic imine (C=N–C) groups is 1. The Hall–Kier alpha value is -2.28. The van der Waals surface area contributed by atoms with E-state index >= 15 is 0 Å². The quantitative estimate of drug-likeness (QED) is 0.617. The van der Waals surface area contributed by atoms with Crippen LogP contribution in [0.3, 0.4) is 0 Å². The number of rotatable bonds is 4. The van der Waals surface area contributed by atoms with E-state index in [1.165, 1.54) is 0 Å². The molecule has 2 heterocycles. The number of amides is 2. The summed E-state index contributed by atoms with van der Waals surface area (Å²) in [5, 5.41) is 11.9. The van der Waals surface area contributed by atoms with E-state index in [0.29, 0.717) is 25.3 Å². The van der Waals surface area contributed by atoms with Gasteiger partial charge < -0.3 is 15.3 Å². The van der Waals surface area contributed by atoms with Crippen LogP contribution in [0.4, 0.5) is 0 Å². The molecule has 3 rings (SSSR count). The van der Waals surface area contributed by atoms with Crippen molar-refractivity contribution in [2.75, 3.05) is 26.2 Å². The minimum Gasteiger partial charge on any atom is -0.386 e. The number of aliphatic hydroxyl groups is 1. The number of aromatic nitrogens is 1. The van der Waals surface area contributed by atoms with Gasteiger partial charge in [-0.3, -0.25) is 14.6 Å². The van der Waals surface area contributed by atoms with Gasteiger partial charge in [0.15, 0.2) is 0 Å². The zero-order valence-electron chi connectivity index (χ0n) is 14.3. The highest BCUT2D eigenvalue weighted by molar-refractivity contribution is 5.97. The van der Waals surface area contributed by atoms with Gasteiger partial charge in [-0.05, 0) is 25.0 Å². The van der Waals surface area contributed by atoms with Gasteiger partial charge in [0.05, 0.1) is 6.54 Å². The lowest BCUT2D eigenvalue weighted by atomic mass is 9.78. The summed E-state index contributed by atoms with van der Waals surface area (Å²) >= 11 is 0. The number of pyridine rings is 1. The molecule has 1 saturated carbocycles. The van der Waals surface area contributed by atoms with Crippen molar-refractivity contribution in [2.24, 2.45) is 4.99 Å². The zero-order valence-corrected chi connectivity index (χ0v) is 14.3. The second kappa shape index (κ2) is 7.74. The lowest BCUT2D eigenvalue weighted by molar-refractivity contribution is -0.123. The van der Waals surface area contributed by atoms with Crippen molar-refractivity contribution in [3.8, 4) is 0 Å². The molecular formula is C18H24N4O3. The molecule has 0 bridgehead atoms. The van der Waals surface area contributed by atoms with Crippen LogP contribution in [0.5, 0.6) is 0 Å². The Kier molecular flexibility index (Phi) is 5.43. The maximum absolute atomic E-state index is 11.8. The van der Waals surface area contributed by atoms with E-state index in [-0.39, 0.29) is 17.9 Å². The van der Waals surface area contributed by atoms with Crippen LogP contribution >= 0.6 is 0 Å². The van der Waals surface area contributed by atoms with Crippen LogP contribution < -0.4 is 5.32 Å². The Morgan fingerprint density at radius 3 is 2.80 bits per heavy atom. The van der Waals surface area contributed by atoms with Crippen molar-refractivity contribution in [3.05, 3.63) is 30.1 Å². The average molecular weight is 344 g/mol. The summed E-state index contributed by atoms with van der Waals surface area (Å²) in [6.45, 7) is 0.708. The molecule has 25 heavy (non-hydrogen) atoms. The van der Waals surface area contributed by atoms with Crippen LogP contribution in [0.15, 0.2) is 29.4 Å². The van der Waals surface area contributed by atoms with Crippen molar-refractivity contribution in [1.82, 2.24) is 15.2 Å². The molecule has 1 aliphatic carbocycles. The Morgan fingerprint density at radius 1 is 1.36 bits per heavy atom. The summed E-state index contributed by atoms with van der Waals surface area (Å²) in [5.41, 5.74) is 0.849. The third-order valence-electron chi connectivity index (χ3n) is 5.06. The normalized spacial score (nSPS) is 20.4. The van der Waals surface area contributed by atoms with Crippen molar-refractivity contribution in [3.63, 3.8) is 0 Å². The van der Waals surface area contributed by atoms with E-state index in [2.05, 4.69) is 15.3 Å². The Labute approximate surface area is 147 Å². The molecule has 1 aromatic heterocycles. The molecule has 2 aliphatic rings. The van der Waals surface area contributed by atoms with Gasteiger partial charge in [-0.2, -0.15) is 4.99 Å². The van der Waals surface area contributed by atoms with Crippen LogP contribution in [-0.2, 0) is 15.0 Å². The van der Waals surface area contributed by atoms with Gasteiger partial charge in [-0.15, -0.1) is 0 Å². The Balaban J connectivity index is 1.91.